The number of benzene rings is 1. The zero-order valence-electron chi connectivity index (χ0n) is 9.88. The predicted molar refractivity (Wildman–Crippen MR) is 65.8 cm³/mol. The lowest BCUT2D eigenvalue weighted by Gasteiger charge is -2.56. The van der Waals surface area contributed by atoms with Crippen molar-refractivity contribution in [2.45, 2.75) is 24.7 Å². The van der Waals surface area contributed by atoms with Crippen LogP contribution in [-0.2, 0) is 10.2 Å². The van der Waals surface area contributed by atoms with Crippen molar-refractivity contribution in [3.8, 4) is 6.07 Å². The molecule has 0 unspecified atom stereocenters. The molecular formula is C14H13ClFNO. The Morgan fingerprint density at radius 3 is 2.50 bits per heavy atom. The lowest BCUT2D eigenvalue weighted by atomic mass is 9.50. The molecule has 2 nitrogen and oxygen atoms in total. The second-order valence-electron chi connectivity index (χ2n) is 5.25. The monoisotopic (exact) mass is 265 g/mol. The minimum atomic E-state index is -0.505. The third kappa shape index (κ3) is 1.36. The van der Waals surface area contributed by atoms with Crippen LogP contribution >= 0.6 is 11.6 Å². The normalized spacial score (nSPS) is 23.6. The summed E-state index contributed by atoms with van der Waals surface area (Å²) in [5.74, 6) is -0.288. The van der Waals surface area contributed by atoms with Gasteiger partial charge in [0.15, 0.2) is 0 Å². The minimum Gasteiger partial charge on any atom is -0.379 e. The van der Waals surface area contributed by atoms with Crippen LogP contribution in [0, 0.1) is 22.6 Å². The van der Waals surface area contributed by atoms with Crippen molar-refractivity contribution in [1.29, 1.82) is 5.26 Å². The highest BCUT2D eigenvalue weighted by molar-refractivity contribution is 6.30. The molecule has 1 heterocycles. The third-order valence-electron chi connectivity index (χ3n) is 4.48. The van der Waals surface area contributed by atoms with E-state index in [9.17, 15) is 9.65 Å². The van der Waals surface area contributed by atoms with E-state index in [2.05, 4.69) is 6.07 Å². The number of nitriles is 1. The largest absolute Gasteiger partial charge is 0.379 e. The van der Waals surface area contributed by atoms with Crippen LogP contribution in [0.1, 0.15) is 24.8 Å². The average Bonchev–Trinajstić information content (AvgIpc) is 2.25. The van der Waals surface area contributed by atoms with E-state index in [0.29, 0.717) is 23.8 Å². The number of rotatable bonds is 2. The summed E-state index contributed by atoms with van der Waals surface area (Å²) in [4.78, 5) is 0. The molecule has 1 aliphatic carbocycles. The summed E-state index contributed by atoms with van der Waals surface area (Å²) in [6, 6.07) is 6.97. The quantitative estimate of drug-likeness (QED) is 0.821. The standard InChI is InChI=1S/C14H13ClFNO/c15-10-2-3-12(16)11(6-10)14(8-18-9-14)13(7-17)4-1-5-13/h2-3,6H,1,4-5,8-9H2. The van der Waals surface area contributed by atoms with Gasteiger partial charge in [0, 0.05) is 10.6 Å². The maximum atomic E-state index is 14.1. The zero-order valence-corrected chi connectivity index (χ0v) is 10.6. The highest BCUT2D eigenvalue weighted by atomic mass is 35.5. The van der Waals surface area contributed by atoms with E-state index in [4.69, 9.17) is 16.3 Å². The molecule has 94 valence electrons. The summed E-state index contributed by atoms with van der Waals surface area (Å²) < 4.78 is 19.4. The molecule has 1 saturated carbocycles. The van der Waals surface area contributed by atoms with Gasteiger partial charge in [-0.1, -0.05) is 18.0 Å². The van der Waals surface area contributed by atoms with E-state index in [1.54, 1.807) is 6.07 Å². The van der Waals surface area contributed by atoms with Gasteiger partial charge in [-0.05, 0) is 31.0 Å². The van der Waals surface area contributed by atoms with Gasteiger partial charge in [0.25, 0.3) is 0 Å². The van der Waals surface area contributed by atoms with Crippen LogP contribution in [0.4, 0.5) is 4.39 Å². The predicted octanol–water partition coefficient (Wildman–Crippen LogP) is 3.44. The van der Waals surface area contributed by atoms with Crippen molar-refractivity contribution in [2.75, 3.05) is 13.2 Å². The summed E-state index contributed by atoms with van der Waals surface area (Å²) >= 11 is 5.97. The summed E-state index contributed by atoms with van der Waals surface area (Å²) in [5.41, 5.74) is -0.436. The van der Waals surface area contributed by atoms with Gasteiger partial charge in [-0.3, -0.25) is 0 Å². The van der Waals surface area contributed by atoms with E-state index >= 15 is 0 Å². The van der Waals surface area contributed by atoms with Crippen LogP contribution in [0.5, 0.6) is 0 Å². The van der Waals surface area contributed by atoms with Gasteiger partial charge in [0.05, 0.1) is 30.1 Å². The topological polar surface area (TPSA) is 33.0 Å². The van der Waals surface area contributed by atoms with E-state index in [0.717, 1.165) is 19.3 Å². The van der Waals surface area contributed by atoms with Crippen molar-refractivity contribution in [2.24, 2.45) is 5.41 Å². The van der Waals surface area contributed by atoms with Crippen molar-refractivity contribution in [1.82, 2.24) is 0 Å². The molecule has 0 N–H and O–H groups in total. The lowest BCUT2D eigenvalue weighted by Crippen LogP contribution is -2.61. The van der Waals surface area contributed by atoms with E-state index < -0.39 is 10.8 Å². The number of hydrogen-bond acceptors (Lipinski definition) is 2. The van der Waals surface area contributed by atoms with Crippen LogP contribution in [0.15, 0.2) is 18.2 Å². The number of hydrogen-bond donors (Lipinski definition) is 0. The molecule has 0 radical (unpaired) electrons. The van der Waals surface area contributed by atoms with Gasteiger partial charge < -0.3 is 4.74 Å². The molecule has 0 amide bonds. The third-order valence-corrected chi connectivity index (χ3v) is 4.71. The molecule has 1 saturated heterocycles. The molecule has 1 aromatic carbocycles. The Balaban J connectivity index is 2.12. The van der Waals surface area contributed by atoms with Gasteiger partial charge in [-0.15, -0.1) is 0 Å². The summed E-state index contributed by atoms with van der Waals surface area (Å²) in [5, 5.41) is 10.0. The van der Waals surface area contributed by atoms with E-state index in [1.807, 2.05) is 0 Å². The smallest absolute Gasteiger partial charge is 0.127 e. The summed E-state index contributed by atoms with van der Waals surface area (Å²) in [6.45, 7) is 0.829. The Bertz CT molecular complexity index is 529. The first-order valence-electron chi connectivity index (χ1n) is 6.08. The Kier molecular flexibility index (Phi) is 2.62. The van der Waals surface area contributed by atoms with Crippen LogP contribution in [0.3, 0.4) is 0 Å². The first-order chi connectivity index (χ1) is 8.63. The highest BCUT2D eigenvalue weighted by Crippen LogP contribution is 2.58. The molecule has 2 aliphatic rings. The van der Waals surface area contributed by atoms with Gasteiger partial charge in [0.2, 0.25) is 0 Å². The molecule has 4 heteroatoms. The van der Waals surface area contributed by atoms with Gasteiger partial charge in [-0.25, -0.2) is 4.39 Å². The van der Waals surface area contributed by atoms with Crippen LogP contribution in [0.2, 0.25) is 5.02 Å². The highest BCUT2D eigenvalue weighted by Gasteiger charge is 2.61. The van der Waals surface area contributed by atoms with Crippen molar-refractivity contribution < 1.29 is 9.13 Å². The fourth-order valence-corrected chi connectivity index (χ4v) is 3.26. The maximum Gasteiger partial charge on any atom is 0.127 e. The number of nitrogens with zero attached hydrogens (tertiary/aromatic N) is 1. The number of halogens is 2. The van der Waals surface area contributed by atoms with E-state index in [-0.39, 0.29) is 5.82 Å². The van der Waals surface area contributed by atoms with Gasteiger partial charge in [-0.2, -0.15) is 5.26 Å². The van der Waals surface area contributed by atoms with Crippen LogP contribution < -0.4 is 0 Å². The second-order valence-corrected chi connectivity index (χ2v) is 5.68. The first-order valence-corrected chi connectivity index (χ1v) is 6.46. The molecule has 0 spiro atoms. The van der Waals surface area contributed by atoms with Crippen LogP contribution in [0.25, 0.3) is 0 Å². The molecule has 3 rings (SSSR count). The maximum absolute atomic E-state index is 14.1. The molecule has 1 aliphatic heterocycles. The first kappa shape index (κ1) is 12.0. The van der Waals surface area contributed by atoms with Crippen molar-refractivity contribution >= 4 is 11.6 Å². The molecule has 0 aromatic heterocycles. The summed E-state index contributed by atoms with van der Waals surface area (Å²) in [7, 11) is 0. The van der Waals surface area contributed by atoms with Crippen molar-refractivity contribution in [3.05, 3.63) is 34.6 Å². The second kappa shape index (κ2) is 3.94. The fourth-order valence-electron chi connectivity index (χ4n) is 3.09. The Morgan fingerprint density at radius 1 is 1.33 bits per heavy atom. The molecule has 0 bridgehead atoms. The van der Waals surface area contributed by atoms with E-state index in [1.165, 1.54) is 12.1 Å². The minimum absolute atomic E-state index is 0.288. The SMILES string of the molecule is N#CC1(C2(c3cc(Cl)ccc3F)COC2)CCC1. The average molecular weight is 266 g/mol. The Hall–Kier alpha value is -1.11. The summed E-state index contributed by atoms with van der Waals surface area (Å²) in [6.07, 6.45) is 2.66. The van der Waals surface area contributed by atoms with Gasteiger partial charge in [0.1, 0.15) is 5.82 Å². The molecular weight excluding hydrogens is 253 g/mol. The lowest BCUT2D eigenvalue weighted by molar-refractivity contribution is -0.136. The number of ether oxygens (including phenoxy) is 1. The fraction of sp³-hybridized carbons (Fsp3) is 0.500. The molecule has 0 atom stereocenters. The zero-order chi connectivity index (χ0) is 12.8. The Labute approximate surface area is 110 Å². The molecule has 1 aromatic rings. The molecule has 2 fully saturated rings. The van der Waals surface area contributed by atoms with Crippen LogP contribution in [-0.4, -0.2) is 13.2 Å². The Morgan fingerprint density at radius 2 is 2.06 bits per heavy atom. The van der Waals surface area contributed by atoms with Gasteiger partial charge >= 0.3 is 0 Å². The van der Waals surface area contributed by atoms with Crippen molar-refractivity contribution in [3.63, 3.8) is 0 Å². The molecule has 18 heavy (non-hydrogen) atoms.